The molecule has 2 heterocycles. The van der Waals surface area contributed by atoms with Gasteiger partial charge in [-0.1, -0.05) is 30.3 Å². The van der Waals surface area contributed by atoms with Crippen LogP contribution in [-0.4, -0.2) is 46.2 Å². The number of rotatable bonds is 5. The molecule has 1 aliphatic rings. The van der Waals surface area contributed by atoms with Crippen LogP contribution in [-0.2, 0) is 22.4 Å². The van der Waals surface area contributed by atoms with E-state index in [9.17, 15) is 19.8 Å². The van der Waals surface area contributed by atoms with Gasteiger partial charge in [-0.25, -0.2) is 0 Å². The van der Waals surface area contributed by atoms with Crippen molar-refractivity contribution >= 4 is 23.2 Å². The van der Waals surface area contributed by atoms with Gasteiger partial charge < -0.3 is 15.1 Å². The second-order valence-corrected chi connectivity index (χ2v) is 7.32. The maximum atomic E-state index is 12.4. The van der Waals surface area contributed by atoms with Crippen LogP contribution >= 0.6 is 11.3 Å². The van der Waals surface area contributed by atoms with Crippen LogP contribution < -0.4 is 0 Å². The molecule has 1 saturated heterocycles. The Morgan fingerprint density at radius 3 is 2.56 bits per heavy atom. The van der Waals surface area contributed by atoms with Gasteiger partial charge in [0, 0.05) is 13.1 Å². The molecule has 3 rings (SSSR count). The second-order valence-electron chi connectivity index (χ2n) is 6.54. The average Bonchev–Trinajstić information content (AvgIpc) is 3.10. The molecule has 1 fully saturated rings. The number of benzene rings is 1. The molecule has 1 aliphatic heterocycles. The lowest BCUT2D eigenvalue weighted by atomic mass is 9.71. The molecule has 2 N–H and O–H groups in total. The highest BCUT2D eigenvalue weighted by Crippen LogP contribution is 2.36. The van der Waals surface area contributed by atoms with Crippen LogP contribution in [0.5, 0.6) is 0 Å². The van der Waals surface area contributed by atoms with E-state index in [0.717, 1.165) is 11.1 Å². The Kier molecular flexibility index (Phi) is 5.20. The predicted octanol–water partition coefficient (Wildman–Crippen LogP) is 2.20. The molecule has 25 heavy (non-hydrogen) atoms. The number of carbonyl (C=O) groups is 2. The van der Waals surface area contributed by atoms with Gasteiger partial charge in [-0.2, -0.15) is 11.3 Å². The van der Waals surface area contributed by atoms with Crippen molar-refractivity contribution < 1.29 is 19.8 Å². The number of piperidine rings is 1. The van der Waals surface area contributed by atoms with Crippen LogP contribution in [0.4, 0.5) is 0 Å². The molecular formula is C19H21NO4S. The van der Waals surface area contributed by atoms with Crippen molar-refractivity contribution in [2.24, 2.45) is 5.41 Å². The van der Waals surface area contributed by atoms with E-state index in [0.29, 0.717) is 6.54 Å². The van der Waals surface area contributed by atoms with E-state index in [1.165, 1.54) is 11.3 Å². The number of β-amino-alcohol motifs (C(OH)–C–C–N with tert-alkyl or cyclic N) is 1. The van der Waals surface area contributed by atoms with E-state index in [1.807, 2.05) is 47.2 Å². The first kappa shape index (κ1) is 17.6. The molecule has 5 nitrogen and oxygen atoms in total. The minimum absolute atomic E-state index is 0.0576. The molecule has 1 aromatic carbocycles. The highest BCUT2D eigenvalue weighted by molar-refractivity contribution is 7.08. The fraction of sp³-hybridized carbons (Fsp3) is 0.368. The maximum Gasteiger partial charge on any atom is 0.312 e. The lowest BCUT2D eigenvalue weighted by molar-refractivity contribution is -0.165. The quantitative estimate of drug-likeness (QED) is 0.858. The number of thiophene rings is 1. The van der Waals surface area contributed by atoms with Crippen molar-refractivity contribution in [2.45, 2.75) is 25.4 Å². The summed E-state index contributed by atoms with van der Waals surface area (Å²) < 4.78 is 0. The van der Waals surface area contributed by atoms with Crippen molar-refractivity contribution in [2.75, 3.05) is 13.1 Å². The average molecular weight is 359 g/mol. The molecule has 0 unspecified atom stereocenters. The van der Waals surface area contributed by atoms with Crippen LogP contribution in [0.15, 0.2) is 47.2 Å². The van der Waals surface area contributed by atoms with E-state index in [1.54, 1.807) is 4.90 Å². The molecule has 6 heteroatoms. The van der Waals surface area contributed by atoms with Crippen LogP contribution in [0.25, 0.3) is 0 Å². The Hall–Kier alpha value is -2.18. The first-order valence-electron chi connectivity index (χ1n) is 8.25. The van der Waals surface area contributed by atoms with Gasteiger partial charge >= 0.3 is 5.97 Å². The number of likely N-dealkylation sites (tertiary alicyclic amines) is 1. The molecule has 0 saturated carbocycles. The van der Waals surface area contributed by atoms with Crippen molar-refractivity contribution in [1.82, 2.24) is 4.90 Å². The summed E-state index contributed by atoms with van der Waals surface area (Å²) in [4.78, 5) is 26.0. The van der Waals surface area contributed by atoms with Gasteiger partial charge in [0.2, 0.25) is 5.91 Å². The van der Waals surface area contributed by atoms with Crippen LogP contribution in [0.3, 0.4) is 0 Å². The standard InChI is InChI=1S/C19H21NO4S/c21-16-12-20(17(22)10-15-6-9-25-13-15)8-7-19(16,18(23)24)11-14-4-2-1-3-5-14/h1-6,9,13,16,21H,7-8,10-12H2,(H,23,24)/t16-,19+/m0/s1. The molecule has 0 aliphatic carbocycles. The normalized spacial score (nSPS) is 23.4. The number of nitrogens with zero attached hydrogens (tertiary/aromatic N) is 1. The number of aliphatic hydroxyl groups is 1. The van der Waals surface area contributed by atoms with E-state index < -0.39 is 17.5 Å². The number of hydrogen-bond donors (Lipinski definition) is 2. The third kappa shape index (κ3) is 3.75. The van der Waals surface area contributed by atoms with Crippen LogP contribution in [0.1, 0.15) is 17.5 Å². The van der Waals surface area contributed by atoms with Gasteiger partial charge in [0.25, 0.3) is 0 Å². The Labute approximate surface area is 150 Å². The number of carbonyl (C=O) groups excluding carboxylic acids is 1. The largest absolute Gasteiger partial charge is 0.481 e. The minimum atomic E-state index is -1.25. The van der Waals surface area contributed by atoms with E-state index in [2.05, 4.69) is 0 Å². The van der Waals surface area contributed by atoms with Gasteiger partial charge in [-0.3, -0.25) is 9.59 Å². The molecule has 0 radical (unpaired) electrons. The SMILES string of the molecule is O=C(Cc1ccsc1)N1CC[C@](Cc2ccccc2)(C(=O)O)[C@@H](O)C1. The zero-order valence-corrected chi connectivity index (χ0v) is 14.6. The smallest absolute Gasteiger partial charge is 0.312 e. The second kappa shape index (κ2) is 7.37. The molecule has 1 amide bonds. The summed E-state index contributed by atoms with van der Waals surface area (Å²) in [7, 11) is 0. The van der Waals surface area contributed by atoms with Gasteiger partial charge in [0.1, 0.15) is 5.41 Å². The lowest BCUT2D eigenvalue weighted by Crippen LogP contribution is -2.57. The number of carboxylic acids is 1. The summed E-state index contributed by atoms with van der Waals surface area (Å²) in [5.41, 5.74) is 0.575. The van der Waals surface area contributed by atoms with Crippen LogP contribution in [0.2, 0.25) is 0 Å². The summed E-state index contributed by atoms with van der Waals surface area (Å²) in [5, 5.41) is 24.3. The van der Waals surface area contributed by atoms with Gasteiger partial charge in [-0.15, -0.1) is 0 Å². The third-order valence-corrected chi connectivity index (χ3v) is 5.67. The highest BCUT2D eigenvalue weighted by Gasteiger charge is 2.49. The van der Waals surface area contributed by atoms with E-state index >= 15 is 0 Å². The summed E-state index contributed by atoms with van der Waals surface area (Å²) in [6.45, 7) is 0.404. The van der Waals surface area contributed by atoms with Crippen LogP contribution in [0, 0.1) is 5.41 Å². The highest BCUT2D eigenvalue weighted by atomic mass is 32.1. The van der Waals surface area contributed by atoms with Gasteiger partial charge in [0.05, 0.1) is 12.5 Å². The molecule has 2 atom stereocenters. The van der Waals surface area contributed by atoms with Crippen molar-refractivity contribution in [3.63, 3.8) is 0 Å². The molecule has 0 bridgehead atoms. The number of carboxylic acid groups (broad SMARTS) is 1. The third-order valence-electron chi connectivity index (χ3n) is 4.94. The molecular weight excluding hydrogens is 338 g/mol. The first-order valence-corrected chi connectivity index (χ1v) is 9.20. The minimum Gasteiger partial charge on any atom is -0.481 e. The molecule has 2 aromatic rings. The monoisotopic (exact) mass is 359 g/mol. The van der Waals surface area contributed by atoms with E-state index in [4.69, 9.17) is 0 Å². The zero-order valence-electron chi connectivity index (χ0n) is 13.8. The number of aliphatic hydroxyl groups excluding tert-OH is 1. The topological polar surface area (TPSA) is 77.8 Å². The Morgan fingerprint density at radius 1 is 1.20 bits per heavy atom. The summed E-state index contributed by atoms with van der Waals surface area (Å²) in [6.07, 6.45) is -0.301. The van der Waals surface area contributed by atoms with Crippen molar-refractivity contribution in [3.05, 3.63) is 58.3 Å². The number of aliphatic carboxylic acids is 1. The van der Waals surface area contributed by atoms with Crippen molar-refractivity contribution in [1.29, 1.82) is 0 Å². The maximum absolute atomic E-state index is 12.4. The van der Waals surface area contributed by atoms with Gasteiger partial charge in [-0.05, 0) is 40.8 Å². The summed E-state index contributed by atoms with van der Waals surface area (Å²) in [6, 6.07) is 11.2. The fourth-order valence-electron chi connectivity index (χ4n) is 3.37. The zero-order chi connectivity index (χ0) is 17.9. The number of amides is 1. The lowest BCUT2D eigenvalue weighted by Gasteiger charge is -2.43. The molecule has 0 spiro atoms. The summed E-state index contributed by atoms with van der Waals surface area (Å²) >= 11 is 1.54. The number of hydrogen-bond acceptors (Lipinski definition) is 4. The van der Waals surface area contributed by atoms with Gasteiger partial charge in [0.15, 0.2) is 0 Å². The van der Waals surface area contributed by atoms with E-state index in [-0.39, 0.29) is 31.7 Å². The summed E-state index contributed by atoms with van der Waals surface area (Å²) in [5.74, 6) is -1.08. The predicted molar refractivity (Wildman–Crippen MR) is 95.4 cm³/mol. The fourth-order valence-corrected chi connectivity index (χ4v) is 4.04. The Morgan fingerprint density at radius 2 is 1.96 bits per heavy atom. The Bertz CT molecular complexity index is 731. The first-order chi connectivity index (χ1) is 12.0. The molecule has 1 aromatic heterocycles. The van der Waals surface area contributed by atoms with Crippen molar-refractivity contribution in [3.8, 4) is 0 Å². The molecule has 132 valence electrons. The Balaban J connectivity index is 1.71.